The van der Waals surface area contributed by atoms with Gasteiger partial charge in [0.1, 0.15) is 11.6 Å². The average Bonchev–Trinajstić information content (AvgIpc) is 3.21. The maximum atomic E-state index is 12.8. The smallest absolute Gasteiger partial charge is 0.416 e. The number of hydrogen-bond acceptors (Lipinski definition) is 4. The van der Waals surface area contributed by atoms with Crippen LogP contribution in [0.3, 0.4) is 0 Å². The summed E-state index contributed by atoms with van der Waals surface area (Å²) in [4.78, 5) is 30.7. The lowest BCUT2D eigenvalue weighted by molar-refractivity contribution is -0.137. The number of amides is 2. The van der Waals surface area contributed by atoms with Gasteiger partial charge in [0.2, 0.25) is 5.91 Å². The monoisotopic (exact) mass is 449 g/mol. The van der Waals surface area contributed by atoms with Crippen LogP contribution in [0.15, 0.2) is 42.6 Å². The van der Waals surface area contributed by atoms with Crippen molar-refractivity contribution in [3.8, 4) is 11.1 Å². The zero-order chi connectivity index (χ0) is 23.5. The second-order valence-electron chi connectivity index (χ2n) is 8.66. The second kappa shape index (κ2) is 9.18. The Morgan fingerprint density at radius 3 is 2.44 bits per heavy atom. The fourth-order valence-electron chi connectivity index (χ4n) is 3.48. The van der Waals surface area contributed by atoms with Crippen molar-refractivity contribution in [2.45, 2.75) is 58.0 Å². The van der Waals surface area contributed by atoms with E-state index in [4.69, 9.17) is 4.74 Å². The van der Waals surface area contributed by atoms with Crippen molar-refractivity contribution in [2.24, 2.45) is 0 Å². The Morgan fingerprint density at radius 1 is 1.12 bits per heavy atom. The molecule has 0 bridgehead atoms. The third-order valence-electron chi connectivity index (χ3n) is 4.99. The van der Waals surface area contributed by atoms with Gasteiger partial charge in [-0.3, -0.25) is 14.7 Å². The van der Waals surface area contributed by atoms with Gasteiger partial charge >= 0.3 is 12.3 Å². The van der Waals surface area contributed by atoms with Crippen LogP contribution in [0.25, 0.3) is 11.1 Å². The topological polar surface area (TPSA) is 71.5 Å². The predicted molar refractivity (Wildman–Crippen MR) is 112 cm³/mol. The lowest BCUT2D eigenvalue weighted by Crippen LogP contribution is -2.47. The molecule has 172 valence electrons. The van der Waals surface area contributed by atoms with Crippen molar-refractivity contribution in [3.63, 3.8) is 0 Å². The molecule has 9 heteroatoms. The average molecular weight is 449 g/mol. The zero-order valence-electron chi connectivity index (χ0n) is 18.2. The molecule has 32 heavy (non-hydrogen) atoms. The van der Waals surface area contributed by atoms with Gasteiger partial charge in [-0.15, -0.1) is 0 Å². The lowest BCUT2D eigenvalue weighted by Gasteiger charge is -2.28. The van der Waals surface area contributed by atoms with Gasteiger partial charge in [-0.05, 0) is 69.0 Å². The first kappa shape index (κ1) is 23.6. The molecule has 1 N–H and O–H groups in total. The maximum absolute atomic E-state index is 12.8. The van der Waals surface area contributed by atoms with Crippen LogP contribution in [-0.4, -0.2) is 40.1 Å². The van der Waals surface area contributed by atoms with Crippen molar-refractivity contribution >= 4 is 12.0 Å². The molecule has 6 nitrogen and oxygen atoms in total. The van der Waals surface area contributed by atoms with Crippen molar-refractivity contribution < 1.29 is 27.5 Å². The first-order chi connectivity index (χ1) is 14.9. The van der Waals surface area contributed by atoms with Crippen LogP contribution in [0, 0.1) is 0 Å². The first-order valence-corrected chi connectivity index (χ1v) is 10.3. The first-order valence-electron chi connectivity index (χ1n) is 10.3. The largest absolute Gasteiger partial charge is 0.444 e. The molecule has 0 radical (unpaired) electrons. The summed E-state index contributed by atoms with van der Waals surface area (Å²) in [6.07, 6.45) is -2.11. The summed E-state index contributed by atoms with van der Waals surface area (Å²) in [5, 5.41) is 2.80. The van der Waals surface area contributed by atoms with Gasteiger partial charge in [-0.1, -0.05) is 12.1 Å². The number of likely N-dealkylation sites (tertiary alicyclic amines) is 1. The highest BCUT2D eigenvalue weighted by Crippen LogP contribution is 2.31. The van der Waals surface area contributed by atoms with E-state index in [0.717, 1.165) is 12.1 Å². The van der Waals surface area contributed by atoms with Crippen molar-refractivity contribution in [2.75, 3.05) is 6.54 Å². The van der Waals surface area contributed by atoms with E-state index in [-0.39, 0.29) is 12.5 Å². The summed E-state index contributed by atoms with van der Waals surface area (Å²) in [7, 11) is 0. The van der Waals surface area contributed by atoms with Gasteiger partial charge in [-0.25, -0.2) is 4.79 Å². The molecule has 1 fully saturated rings. The van der Waals surface area contributed by atoms with Gasteiger partial charge in [0.25, 0.3) is 0 Å². The molecule has 1 aliphatic rings. The molecule has 0 saturated carbocycles. The number of carbonyl (C=O) groups excluding carboxylic acids is 2. The third-order valence-corrected chi connectivity index (χ3v) is 4.99. The molecule has 1 aromatic carbocycles. The van der Waals surface area contributed by atoms with Crippen molar-refractivity contribution in [1.29, 1.82) is 0 Å². The SMILES string of the molecule is CC(C)(C)OC(=O)N1CCCC1C(=O)NCc1cc(-c2ccc(C(F)(F)F)cc2)ccn1. The molecule has 1 saturated heterocycles. The van der Waals surface area contributed by atoms with Gasteiger partial charge < -0.3 is 10.1 Å². The van der Waals surface area contributed by atoms with E-state index >= 15 is 0 Å². The van der Waals surface area contributed by atoms with Crippen LogP contribution in [0.1, 0.15) is 44.9 Å². The number of pyridine rings is 1. The number of rotatable bonds is 4. The van der Waals surface area contributed by atoms with E-state index in [1.54, 1.807) is 32.9 Å². The number of nitrogens with zero attached hydrogens (tertiary/aromatic N) is 2. The number of halogens is 3. The van der Waals surface area contributed by atoms with Gasteiger partial charge in [-0.2, -0.15) is 13.2 Å². The van der Waals surface area contributed by atoms with E-state index in [1.165, 1.54) is 23.2 Å². The van der Waals surface area contributed by atoms with Crippen LogP contribution in [-0.2, 0) is 22.3 Å². The van der Waals surface area contributed by atoms with Crippen molar-refractivity contribution in [3.05, 3.63) is 53.9 Å². The molecule has 1 aromatic heterocycles. The summed E-state index contributed by atoms with van der Waals surface area (Å²) in [6.45, 7) is 5.89. The Balaban J connectivity index is 1.63. The maximum Gasteiger partial charge on any atom is 0.416 e. The highest BCUT2D eigenvalue weighted by Gasteiger charge is 2.36. The van der Waals surface area contributed by atoms with E-state index in [2.05, 4.69) is 10.3 Å². The Labute approximate surface area is 184 Å². The molecule has 2 heterocycles. The number of nitrogens with one attached hydrogen (secondary N) is 1. The number of carbonyl (C=O) groups is 2. The van der Waals surface area contributed by atoms with Gasteiger partial charge in [0.15, 0.2) is 0 Å². The number of benzene rings is 1. The number of aromatic nitrogens is 1. The molecule has 2 aromatic rings. The summed E-state index contributed by atoms with van der Waals surface area (Å²) >= 11 is 0. The molecule has 3 rings (SSSR count). The second-order valence-corrected chi connectivity index (χ2v) is 8.66. The highest BCUT2D eigenvalue weighted by atomic mass is 19.4. The Hall–Kier alpha value is -3.10. The van der Waals surface area contributed by atoms with Crippen LogP contribution >= 0.6 is 0 Å². The minimum absolute atomic E-state index is 0.131. The van der Waals surface area contributed by atoms with E-state index in [1.807, 2.05) is 0 Å². The van der Waals surface area contributed by atoms with Crippen molar-refractivity contribution in [1.82, 2.24) is 15.2 Å². The fraction of sp³-hybridized carbons (Fsp3) is 0.435. The van der Waals surface area contributed by atoms with E-state index in [0.29, 0.717) is 36.2 Å². The highest BCUT2D eigenvalue weighted by molar-refractivity contribution is 5.86. The van der Waals surface area contributed by atoms with E-state index in [9.17, 15) is 22.8 Å². The van der Waals surface area contributed by atoms with Crippen LogP contribution in [0.2, 0.25) is 0 Å². The minimum Gasteiger partial charge on any atom is -0.444 e. The van der Waals surface area contributed by atoms with Crippen LogP contribution in [0.5, 0.6) is 0 Å². The molecule has 1 atom stereocenters. The molecule has 1 aliphatic heterocycles. The Bertz CT molecular complexity index is 969. The molecule has 2 amide bonds. The van der Waals surface area contributed by atoms with Gasteiger partial charge in [0.05, 0.1) is 17.8 Å². The molecular weight excluding hydrogens is 423 g/mol. The van der Waals surface area contributed by atoms with Gasteiger partial charge in [0, 0.05) is 12.7 Å². The van der Waals surface area contributed by atoms with E-state index < -0.39 is 29.5 Å². The quantitative estimate of drug-likeness (QED) is 0.729. The molecule has 0 aliphatic carbocycles. The lowest BCUT2D eigenvalue weighted by atomic mass is 10.0. The molecular formula is C23H26F3N3O3. The van der Waals surface area contributed by atoms with Crippen LogP contribution < -0.4 is 5.32 Å². The summed E-state index contributed by atoms with van der Waals surface area (Å²) in [6, 6.07) is 7.65. The normalized spacial score (nSPS) is 16.7. The molecule has 1 unspecified atom stereocenters. The zero-order valence-corrected chi connectivity index (χ0v) is 18.2. The Kier molecular flexibility index (Phi) is 6.76. The summed E-state index contributed by atoms with van der Waals surface area (Å²) in [5.41, 5.74) is 0.490. The summed E-state index contributed by atoms with van der Waals surface area (Å²) < 4.78 is 43.7. The summed E-state index contributed by atoms with van der Waals surface area (Å²) in [5.74, 6) is -0.296. The molecule has 0 spiro atoms. The third kappa shape index (κ3) is 5.99. The number of ether oxygens (including phenoxy) is 1. The fourth-order valence-corrected chi connectivity index (χ4v) is 3.48. The number of alkyl halides is 3. The standard InChI is InChI=1S/C23H26F3N3O3/c1-22(2,3)32-21(31)29-12-4-5-19(29)20(30)28-14-18-13-16(10-11-27-18)15-6-8-17(9-7-15)23(24,25)26/h6-11,13,19H,4-5,12,14H2,1-3H3,(H,28,30). The Morgan fingerprint density at radius 2 is 1.81 bits per heavy atom. The number of hydrogen-bond donors (Lipinski definition) is 1. The van der Waals surface area contributed by atoms with Crippen LogP contribution in [0.4, 0.5) is 18.0 Å². The minimum atomic E-state index is -4.39. The predicted octanol–water partition coefficient (Wildman–Crippen LogP) is 4.78.